The number of ether oxygens (including phenoxy) is 1. The first-order chi connectivity index (χ1) is 20.3. The zero-order valence-electron chi connectivity index (χ0n) is 23.7. The number of hydrogen-bond acceptors (Lipinski definition) is 5. The summed E-state index contributed by atoms with van der Waals surface area (Å²) < 4.78 is 47.1. The third kappa shape index (κ3) is 5.72. The number of alkyl halides is 3. The minimum atomic E-state index is -4.63. The summed E-state index contributed by atoms with van der Waals surface area (Å²) in [5.74, 6) is -0.373. The number of carbonyl (C=O) groups is 1. The summed E-state index contributed by atoms with van der Waals surface area (Å²) in [4.78, 5) is 15.0. The Bertz CT molecular complexity index is 1760. The van der Waals surface area contributed by atoms with Gasteiger partial charge >= 0.3 is 6.18 Å². The van der Waals surface area contributed by atoms with Crippen LogP contribution in [0.1, 0.15) is 58.6 Å². The highest BCUT2D eigenvalue weighted by Gasteiger charge is 2.42. The van der Waals surface area contributed by atoms with Crippen LogP contribution in [0.3, 0.4) is 0 Å². The Balaban J connectivity index is 1.65. The molecule has 3 aromatic carbocycles. The molecule has 0 aromatic heterocycles. The molecule has 1 aliphatic carbocycles. The fourth-order valence-electron chi connectivity index (χ4n) is 5.85. The van der Waals surface area contributed by atoms with E-state index in [1.807, 2.05) is 39.0 Å². The first kappa shape index (κ1) is 30.5. The lowest BCUT2D eigenvalue weighted by Gasteiger charge is -2.40. The normalized spacial score (nSPS) is 17.2. The summed E-state index contributed by atoms with van der Waals surface area (Å²) in [6.45, 7) is 5.97. The van der Waals surface area contributed by atoms with Crippen LogP contribution in [0.5, 0.6) is 5.75 Å². The van der Waals surface area contributed by atoms with Crippen molar-refractivity contribution in [3.8, 4) is 11.8 Å². The van der Waals surface area contributed by atoms with Gasteiger partial charge in [0.15, 0.2) is 5.78 Å². The minimum absolute atomic E-state index is 0.0139. The fourth-order valence-corrected chi connectivity index (χ4v) is 6.27. The summed E-state index contributed by atoms with van der Waals surface area (Å²) in [5, 5.41) is 11.0. The topological polar surface area (TPSA) is 79.4 Å². The van der Waals surface area contributed by atoms with E-state index >= 15 is 0 Å². The van der Waals surface area contributed by atoms with Gasteiger partial charge in [0.1, 0.15) is 18.2 Å². The van der Waals surface area contributed by atoms with Gasteiger partial charge in [-0.3, -0.25) is 9.69 Å². The SMILES string of the molecule is Cc1cc(C)c(C2C(C#N)=C(N)N(c3cc(C(F)(F)F)ccc3Cl)C3=C2C(=O)CCC3)cc1COc1ccc(Cl)cc1C. The highest BCUT2D eigenvalue weighted by molar-refractivity contribution is 6.33. The van der Waals surface area contributed by atoms with Crippen LogP contribution >= 0.6 is 23.2 Å². The lowest BCUT2D eigenvalue weighted by Crippen LogP contribution is -2.39. The maximum absolute atomic E-state index is 13.7. The van der Waals surface area contributed by atoms with Crippen molar-refractivity contribution in [2.24, 2.45) is 5.73 Å². The van der Waals surface area contributed by atoms with Crippen molar-refractivity contribution in [3.05, 3.63) is 115 Å². The summed E-state index contributed by atoms with van der Waals surface area (Å²) in [5.41, 5.74) is 10.8. The number of halogens is 5. The van der Waals surface area contributed by atoms with Gasteiger partial charge < -0.3 is 10.5 Å². The number of hydrogen-bond donors (Lipinski definition) is 1. The molecule has 5 rings (SSSR count). The van der Waals surface area contributed by atoms with Crippen LogP contribution in [0.25, 0.3) is 0 Å². The highest BCUT2D eigenvalue weighted by Crippen LogP contribution is 2.49. The Labute approximate surface area is 257 Å². The smallest absolute Gasteiger partial charge is 0.416 e. The molecule has 10 heteroatoms. The third-order valence-corrected chi connectivity index (χ3v) is 8.54. The summed E-state index contributed by atoms with van der Waals surface area (Å²) in [7, 11) is 0. The van der Waals surface area contributed by atoms with Crippen LogP contribution in [0.4, 0.5) is 18.9 Å². The van der Waals surface area contributed by atoms with E-state index in [1.54, 1.807) is 12.1 Å². The molecule has 0 spiro atoms. The summed E-state index contributed by atoms with van der Waals surface area (Å²) in [6.07, 6.45) is -3.52. The molecule has 1 atom stereocenters. The molecular weight excluding hydrogens is 598 g/mol. The second-order valence-electron chi connectivity index (χ2n) is 10.8. The predicted molar refractivity (Wildman–Crippen MR) is 161 cm³/mol. The Morgan fingerprint density at radius 1 is 1.02 bits per heavy atom. The van der Waals surface area contributed by atoms with Crippen LogP contribution < -0.4 is 15.4 Å². The van der Waals surface area contributed by atoms with E-state index in [-0.39, 0.29) is 40.9 Å². The number of nitrogens with two attached hydrogens (primary N) is 1. The zero-order valence-corrected chi connectivity index (χ0v) is 25.2. The van der Waals surface area contributed by atoms with E-state index in [2.05, 4.69) is 6.07 Å². The van der Waals surface area contributed by atoms with Gasteiger partial charge in [0.2, 0.25) is 0 Å². The van der Waals surface area contributed by atoms with E-state index < -0.39 is 17.7 Å². The molecule has 43 heavy (non-hydrogen) atoms. The number of nitrogens with zero attached hydrogens (tertiary/aromatic N) is 2. The van der Waals surface area contributed by atoms with E-state index in [0.29, 0.717) is 40.4 Å². The maximum atomic E-state index is 13.7. The third-order valence-electron chi connectivity index (χ3n) is 7.98. The number of rotatable bonds is 5. The van der Waals surface area contributed by atoms with E-state index in [0.717, 1.165) is 40.5 Å². The Morgan fingerprint density at radius 2 is 1.77 bits per heavy atom. The largest absolute Gasteiger partial charge is 0.489 e. The molecule has 0 bridgehead atoms. The zero-order chi connectivity index (χ0) is 31.2. The predicted octanol–water partition coefficient (Wildman–Crippen LogP) is 8.82. The maximum Gasteiger partial charge on any atom is 0.416 e. The first-order valence-corrected chi connectivity index (χ1v) is 14.4. The number of Topliss-reactive ketones (excluding diaryl/α,β-unsaturated/α-hetero) is 1. The lowest BCUT2D eigenvalue weighted by atomic mass is 9.74. The van der Waals surface area contributed by atoms with Crippen LogP contribution in [0.15, 0.2) is 71.2 Å². The van der Waals surface area contributed by atoms with Crippen LogP contribution in [0, 0.1) is 32.1 Å². The van der Waals surface area contributed by atoms with Crippen LogP contribution in [-0.2, 0) is 17.6 Å². The van der Waals surface area contributed by atoms with Gasteiger partial charge in [-0.05, 0) is 97.8 Å². The van der Waals surface area contributed by atoms with Crippen molar-refractivity contribution in [1.82, 2.24) is 0 Å². The molecule has 222 valence electrons. The van der Waals surface area contributed by atoms with Crippen molar-refractivity contribution in [2.45, 2.75) is 58.7 Å². The number of aryl methyl sites for hydroxylation is 3. The molecule has 1 unspecified atom stereocenters. The van der Waals surface area contributed by atoms with Gasteiger partial charge in [0.25, 0.3) is 0 Å². The van der Waals surface area contributed by atoms with E-state index in [9.17, 15) is 23.2 Å². The van der Waals surface area contributed by atoms with Crippen molar-refractivity contribution in [2.75, 3.05) is 4.90 Å². The Morgan fingerprint density at radius 3 is 2.44 bits per heavy atom. The standard InChI is InChI=1S/C33H28Cl2F3N3O2/c1-17-11-18(2)23(13-20(17)16-43-29-10-8-22(34)12-19(29)3)30-24(15-39)32(40)41(26-5-4-6-28(42)31(26)30)27-14-21(33(36,37)38)7-9-25(27)35/h7-14,30H,4-6,16,40H2,1-3H3. The van der Waals surface area contributed by atoms with Crippen molar-refractivity contribution < 1.29 is 22.7 Å². The van der Waals surface area contributed by atoms with Gasteiger partial charge in [-0.15, -0.1) is 0 Å². The van der Waals surface area contributed by atoms with Gasteiger partial charge in [-0.25, -0.2) is 0 Å². The van der Waals surface area contributed by atoms with Crippen molar-refractivity contribution in [1.29, 1.82) is 5.26 Å². The molecule has 2 aliphatic rings. The van der Waals surface area contributed by atoms with E-state index in [1.165, 1.54) is 4.90 Å². The number of allylic oxidation sites excluding steroid dienone is 3. The Kier molecular flexibility index (Phi) is 8.26. The molecule has 0 saturated carbocycles. The van der Waals surface area contributed by atoms with Crippen LogP contribution in [-0.4, -0.2) is 5.78 Å². The summed E-state index contributed by atoms with van der Waals surface area (Å²) in [6, 6.07) is 14.3. The highest BCUT2D eigenvalue weighted by atomic mass is 35.5. The van der Waals surface area contributed by atoms with Crippen molar-refractivity contribution in [3.63, 3.8) is 0 Å². The first-order valence-electron chi connectivity index (χ1n) is 13.6. The molecule has 0 fully saturated rings. The molecule has 1 aliphatic heterocycles. The monoisotopic (exact) mass is 625 g/mol. The summed E-state index contributed by atoms with van der Waals surface area (Å²) >= 11 is 12.5. The second kappa shape index (κ2) is 11.6. The lowest BCUT2D eigenvalue weighted by molar-refractivity contribution is -0.137. The second-order valence-corrected chi connectivity index (χ2v) is 11.7. The van der Waals surface area contributed by atoms with Gasteiger partial charge in [-0.1, -0.05) is 35.3 Å². The number of carbonyl (C=O) groups excluding carboxylic acids is 1. The van der Waals surface area contributed by atoms with Gasteiger partial charge in [0.05, 0.1) is 33.8 Å². The molecule has 0 saturated heterocycles. The average molecular weight is 627 g/mol. The fraction of sp³-hybridized carbons (Fsp3) is 0.273. The molecule has 3 aromatic rings. The van der Waals surface area contributed by atoms with Crippen LogP contribution in [0.2, 0.25) is 10.0 Å². The molecule has 2 N–H and O–H groups in total. The number of benzene rings is 3. The quantitative estimate of drug-likeness (QED) is 0.306. The van der Waals surface area contributed by atoms with Gasteiger partial charge in [0, 0.05) is 22.7 Å². The molecular formula is C33H28Cl2F3N3O2. The average Bonchev–Trinajstić information content (AvgIpc) is 2.93. The van der Waals surface area contributed by atoms with Gasteiger partial charge in [-0.2, -0.15) is 18.4 Å². The Hall–Kier alpha value is -3.93. The number of anilines is 1. The molecule has 0 radical (unpaired) electrons. The number of nitriles is 1. The van der Waals surface area contributed by atoms with Crippen molar-refractivity contribution >= 4 is 34.7 Å². The number of ketones is 1. The molecule has 1 heterocycles. The molecule has 5 nitrogen and oxygen atoms in total. The van der Waals surface area contributed by atoms with E-state index in [4.69, 9.17) is 33.7 Å². The molecule has 0 amide bonds. The minimum Gasteiger partial charge on any atom is -0.489 e.